The summed E-state index contributed by atoms with van der Waals surface area (Å²) in [4.78, 5) is 15.1. The van der Waals surface area contributed by atoms with Gasteiger partial charge in [0.15, 0.2) is 0 Å². The molecule has 2 unspecified atom stereocenters. The van der Waals surface area contributed by atoms with Crippen LogP contribution in [0, 0.1) is 0 Å². The highest BCUT2D eigenvalue weighted by Gasteiger charge is 2.22. The first-order valence-electron chi connectivity index (χ1n) is 8.18. The molecule has 1 heterocycles. The second-order valence-electron chi connectivity index (χ2n) is 5.96. The Balaban J connectivity index is 1.65. The molecule has 2 N–H and O–H groups in total. The second-order valence-corrected chi connectivity index (χ2v) is 7.34. The number of unbranched alkanes of at least 4 members (excludes halogenated alkanes) is 1. The van der Waals surface area contributed by atoms with E-state index in [-0.39, 0.29) is 12.5 Å². The van der Waals surface area contributed by atoms with Crippen LogP contribution >= 0.6 is 0 Å². The molecule has 23 heavy (non-hydrogen) atoms. The molecule has 0 spiro atoms. The van der Waals surface area contributed by atoms with Crippen LogP contribution in [-0.4, -0.2) is 58.7 Å². The number of hydrogen-bond donors (Lipinski definition) is 2. The molecule has 128 valence electrons. The first-order chi connectivity index (χ1) is 11.1. The van der Waals surface area contributed by atoms with Crippen molar-refractivity contribution in [1.82, 2.24) is 10.2 Å². The Bertz CT molecular complexity index is 533. The van der Waals surface area contributed by atoms with Crippen molar-refractivity contribution in [1.29, 1.82) is 0 Å². The van der Waals surface area contributed by atoms with E-state index in [0.717, 1.165) is 37.2 Å². The molecule has 0 aliphatic carbocycles. The normalized spacial score (nSPS) is 19.7. The van der Waals surface area contributed by atoms with Gasteiger partial charge in [-0.05, 0) is 63.0 Å². The molecule has 0 bridgehead atoms. The average molecular weight is 338 g/mol. The highest BCUT2D eigenvalue weighted by molar-refractivity contribution is 7.84. The molecule has 0 radical (unpaired) electrons. The van der Waals surface area contributed by atoms with Crippen molar-refractivity contribution in [3.8, 4) is 0 Å². The monoisotopic (exact) mass is 338 g/mol. The number of nitrogens with zero attached hydrogens (tertiary/aromatic N) is 1. The van der Waals surface area contributed by atoms with Crippen molar-refractivity contribution in [3.63, 3.8) is 0 Å². The SMILES string of the molecule is CS(=O)c1ccc(C(=O)NCCCCN2CCCC2CO)cc1. The molecular formula is C17H26N2O3S. The lowest BCUT2D eigenvalue weighted by molar-refractivity contribution is 0.0952. The zero-order valence-electron chi connectivity index (χ0n) is 13.7. The molecule has 0 aromatic heterocycles. The lowest BCUT2D eigenvalue weighted by Crippen LogP contribution is -2.33. The smallest absolute Gasteiger partial charge is 0.251 e. The Morgan fingerprint density at radius 1 is 1.35 bits per heavy atom. The Hall–Kier alpha value is -1.24. The van der Waals surface area contributed by atoms with Gasteiger partial charge in [0.1, 0.15) is 0 Å². The van der Waals surface area contributed by atoms with Crippen LogP contribution in [0.5, 0.6) is 0 Å². The predicted octanol–water partition coefficient (Wildman–Crippen LogP) is 1.39. The average Bonchev–Trinajstić information content (AvgIpc) is 3.02. The van der Waals surface area contributed by atoms with E-state index in [4.69, 9.17) is 0 Å². The van der Waals surface area contributed by atoms with Crippen LogP contribution in [0.3, 0.4) is 0 Å². The number of aliphatic hydroxyl groups excluding tert-OH is 1. The van der Waals surface area contributed by atoms with Crippen LogP contribution in [0.1, 0.15) is 36.0 Å². The Morgan fingerprint density at radius 3 is 2.74 bits per heavy atom. The molecular weight excluding hydrogens is 312 g/mol. The lowest BCUT2D eigenvalue weighted by atomic mass is 10.2. The van der Waals surface area contributed by atoms with E-state index in [0.29, 0.717) is 18.2 Å². The van der Waals surface area contributed by atoms with E-state index >= 15 is 0 Å². The van der Waals surface area contributed by atoms with Gasteiger partial charge in [0.05, 0.1) is 6.61 Å². The summed E-state index contributed by atoms with van der Waals surface area (Å²) in [5, 5.41) is 12.2. The zero-order valence-corrected chi connectivity index (χ0v) is 14.5. The maximum absolute atomic E-state index is 12.0. The molecule has 1 amide bonds. The number of hydrogen-bond acceptors (Lipinski definition) is 4. The number of likely N-dealkylation sites (tertiary alicyclic amines) is 1. The summed E-state index contributed by atoms with van der Waals surface area (Å²) in [5.74, 6) is -0.0900. The largest absolute Gasteiger partial charge is 0.395 e. The van der Waals surface area contributed by atoms with Crippen LogP contribution in [0.2, 0.25) is 0 Å². The third-order valence-electron chi connectivity index (χ3n) is 4.32. The molecule has 1 saturated heterocycles. The standard InChI is InChI=1S/C17H26N2O3S/c1-23(22)16-8-6-14(7-9-16)17(21)18-10-2-3-11-19-12-4-5-15(19)13-20/h6-9,15,20H,2-5,10-13H2,1H3,(H,18,21). The molecule has 1 aromatic carbocycles. The fraction of sp³-hybridized carbons (Fsp3) is 0.588. The highest BCUT2D eigenvalue weighted by atomic mass is 32.2. The summed E-state index contributed by atoms with van der Waals surface area (Å²) in [7, 11) is -1.02. The minimum atomic E-state index is -1.02. The number of carbonyl (C=O) groups excluding carboxylic acids is 1. The van der Waals surface area contributed by atoms with E-state index in [1.54, 1.807) is 30.5 Å². The van der Waals surface area contributed by atoms with Crippen molar-refractivity contribution in [3.05, 3.63) is 29.8 Å². The first-order valence-corrected chi connectivity index (χ1v) is 9.74. The Morgan fingerprint density at radius 2 is 2.09 bits per heavy atom. The lowest BCUT2D eigenvalue weighted by Gasteiger charge is -2.22. The van der Waals surface area contributed by atoms with Crippen molar-refractivity contribution in [2.24, 2.45) is 0 Å². The van der Waals surface area contributed by atoms with Crippen LogP contribution in [0.4, 0.5) is 0 Å². The van der Waals surface area contributed by atoms with Gasteiger partial charge < -0.3 is 10.4 Å². The van der Waals surface area contributed by atoms with Gasteiger partial charge in [-0.3, -0.25) is 13.9 Å². The molecule has 0 saturated carbocycles. The summed E-state index contributed by atoms with van der Waals surface area (Å²) in [6.45, 7) is 2.95. The fourth-order valence-corrected chi connectivity index (χ4v) is 3.46. The molecule has 5 nitrogen and oxygen atoms in total. The fourth-order valence-electron chi connectivity index (χ4n) is 2.94. The van der Waals surface area contributed by atoms with Gasteiger partial charge in [-0.25, -0.2) is 0 Å². The van der Waals surface area contributed by atoms with Gasteiger partial charge >= 0.3 is 0 Å². The van der Waals surface area contributed by atoms with E-state index in [1.807, 2.05) is 0 Å². The first kappa shape index (κ1) is 18.1. The molecule has 1 aliphatic rings. The number of amides is 1. The zero-order chi connectivity index (χ0) is 16.7. The maximum atomic E-state index is 12.0. The van der Waals surface area contributed by atoms with Crippen molar-refractivity contribution >= 4 is 16.7 Å². The molecule has 1 aromatic rings. The minimum absolute atomic E-state index is 0.0900. The summed E-state index contributed by atoms with van der Waals surface area (Å²) in [6.07, 6.45) is 5.82. The molecule has 2 atom stereocenters. The number of aliphatic hydroxyl groups is 1. The van der Waals surface area contributed by atoms with Crippen molar-refractivity contribution in [2.45, 2.75) is 36.6 Å². The van der Waals surface area contributed by atoms with Gasteiger partial charge in [-0.2, -0.15) is 0 Å². The number of nitrogens with one attached hydrogen (secondary N) is 1. The molecule has 1 aliphatic heterocycles. The van der Waals surface area contributed by atoms with Gasteiger partial charge in [-0.1, -0.05) is 0 Å². The van der Waals surface area contributed by atoms with Gasteiger partial charge in [0, 0.05) is 40.1 Å². The van der Waals surface area contributed by atoms with Gasteiger partial charge in [-0.15, -0.1) is 0 Å². The quantitative estimate of drug-likeness (QED) is 0.703. The highest BCUT2D eigenvalue weighted by Crippen LogP contribution is 2.16. The number of rotatable bonds is 8. The van der Waals surface area contributed by atoms with Gasteiger partial charge in [0.2, 0.25) is 0 Å². The summed E-state index contributed by atoms with van der Waals surface area (Å²) in [6, 6.07) is 7.21. The van der Waals surface area contributed by atoms with E-state index in [9.17, 15) is 14.1 Å². The van der Waals surface area contributed by atoms with Crippen LogP contribution in [0.15, 0.2) is 29.2 Å². The molecule has 1 fully saturated rings. The Labute approximate surface area is 140 Å². The minimum Gasteiger partial charge on any atom is -0.395 e. The van der Waals surface area contributed by atoms with Crippen LogP contribution in [0.25, 0.3) is 0 Å². The summed E-state index contributed by atoms with van der Waals surface area (Å²) in [5.41, 5.74) is 0.596. The molecule has 2 rings (SSSR count). The summed E-state index contributed by atoms with van der Waals surface area (Å²) >= 11 is 0. The van der Waals surface area contributed by atoms with E-state index in [1.165, 1.54) is 6.42 Å². The summed E-state index contributed by atoms with van der Waals surface area (Å²) < 4.78 is 11.3. The predicted molar refractivity (Wildman–Crippen MR) is 92.0 cm³/mol. The van der Waals surface area contributed by atoms with E-state index in [2.05, 4.69) is 10.2 Å². The third kappa shape index (κ3) is 5.41. The topological polar surface area (TPSA) is 69.6 Å². The Kier molecular flexibility index (Phi) is 7.20. The van der Waals surface area contributed by atoms with Gasteiger partial charge in [0.25, 0.3) is 5.91 Å². The van der Waals surface area contributed by atoms with Crippen LogP contribution in [-0.2, 0) is 10.8 Å². The number of benzene rings is 1. The van der Waals surface area contributed by atoms with E-state index < -0.39 is 10.8 Å². The van der Waals surface area contributed by atoms with Crippen molar-refractivity contribution in [2.75, 3.05) is 32.5 Å². The van der Waals surface area contributed by atoms with Crippen LogP contribution < -0.4 is 5.32 Å². The second kappa shape index (κ2) is 9.15. The molecule has 6 heteroatoms. The van der Waals surface area contributed by atoms with Crippen molar-refractivity contribution < 1.29 is 14.1 Å². The maximum Gasteiger partial charge on any atom is 0.251 e. The third-order valence-corrected chi connectivity index (χ3v) is 5.25. The number of carbonyl (C=O) groups is 1.